The topological polar surface area (TPSA) is 80.5 Å². The summed E-state index contributed by atoms with van der Waals surface area (Å²) < 4.78 is 22.9. The van der Waals surface area contributed by atoms with Gasteiger partial charge in [0.15, 0.2) is 0 Å². The predicted molar refractivity (Wildman–Crippen MR) is 72.3 cm³/mol. The van der Waals surface area contributed by atoms with Crippen LogP contribution in [-0.2, 0) is 10.0 Å². The lowest BCUT2D eigenvalue weighted by atomic mass is 10.1. The standard InChI is InChI=1S/C13H18N2O3S/c1-9-5-6-11(8-12(9)19(14,17)18)13(16)15-7-3-4-10(15)2/h5-6,8,10H,3-4,7H2,1-2H3,(H2,14,17,18). The van der Waals surface area contributed by atoms with Crippen molar-refractivity contribution in [1.29, 1.82) is 0 Å². The number of hydrogen-bond donors (Lipinski definition) is 1. The summed E-state index contributed by atoms with van der Waals surface area (Å²) in [5.41, 5.74) is 0.928. The summed E-state index contributed by atoms with van der Waals surface area (Å²) in [4.78, 5) is 14.1. The molecule has 0 bridgehead atoms. The van der Waals surface area contributed by atoms with Crippen molar-refractivity contribution in [3.05, 3.63) is 29.3 Å². The van der Waals surface area contributed by atoms with E-state index in [2.05, 4.69) is 0 Å². The molecule has 1 aromatic carbocycles. The van der Waals surface area contributed by atoms with Crippen molar-refractivity contribution in [3.8, 4) is 0 Å². The minimum absolute atomic E-state index is 0.0187. The molecule has 2 rings (SSSR count). The van der Waals surface area contributed by atoms with Crippen LogP contribution in [0.3, 0.4) is 0 Å². The summed E-state index contributed by atoms with van der Waals surface area (Å²) in [6, 6.07) is 4.84. The van der Waals surface area contributed by atoms with Crippen LogP contribution in [0.4, 0.5) is 0 Å². The number of hydrogen-bond acceptors (Lipinski definition) is 3. The summed E-state index contributed by atoms with van der Waals surface area (Å²) in [5.74, 6) is -0.130. The van der Waals surface area contributed by atoms with Crippen LogP contribution in [0.1, 0.15) is 35.7 Å². The Morgan fingerprint density at radius 2 is 2.11 bits per heavy atom. The van der Waals surface area contributed by atoms with Crippen molar-refractivity contribution in [1.82, 2.24) is 4.90 Å². The normalized spacial score (nSPS) is 19.7. The number of aryl methyl sites for hydroxylation is 1. The Kier molecular flexibility index (Phi) is 3.64. The smallest absolute Gasteiger partial charge is 0.254 e. The fourth-order valence-corrected chi connectivity index (χ4v) is 3.25. The molecule has 0 spiro atoms. The number of carbonyl (C=O) groups excluding carboxylic acids is 1. The van der Waals surface area contributed by atoms with E-state index < -0.39 is 10.0 Å². The van der Waals surface area contributed by atoms with Gasteiger partial charge >= 0.3 is 0 Å². The zero-order valence-corrected chi connectivity index (χ0v) is 11.9. The van der Waals surface area contributed by atoms with Crippen LogP contribution >= 0.6 is 0 Å². The number of carbonyl (C=O) groups is 1. The van der Waals surface area contributed by atoms with Crippen LogP contribution in [0.25, 0.3) is 0 Å². The van der Waals surface area contributed by atoms with E-state index in [1.165, 1.54) is 6.07 Å². The Bertz CT molecular complexity index is 610. The van der Waals surface area contributed by atoms with E-state index in [9.17, 15) is 13.2 Å². The second kappa shape index (κ2) is 4.94. The van der Waals surface area contributed by atoms with Crippen molar-refractivity contribution in [2.45, 2.75) is 37.6 Å². The van der Waals surface area contributed by atoms with E-state index in [1.807, 2.05) is 6.92 Å². The number of benzene rings is 1. The fourth-order valence-electron chi connectivity index (χ4n) is 2.44. The Labute approximate surface area is 113 Å². The molecule has 0 aliphatic carbocycles. The largest absolute Gasteiger partial charge is 0.336 e. The summed E-state index contributed by atoms with van der Waals surface area (Å²) in [6.45, 7) is 4.38. The SMILES string of the molecule is Cc1ccc(C(=O)N2CCCC2C)cc1S(N)(=O)=O. The first-order chi connectivity index (χ1) is 8.80. The fraction of sp³-hybridized carbons (Fsp3) is 0.462. The monoisotopic (exact) mass is 282 g/mol. The number of rotatable bonds is 2. The number of nitrogens with zero attached hydrogens (tertiary/aromatic N) is 1. The van der Waals surface area contributed by atoms with Crippen molar-refractivity contribution >= 4 is 15.9 Å². The highest BCUT2D eigenvalue weighted by molar-refractivity contribution is 7.89. The average molecular weight is 282 g/mol. The average Bonchev–Trinajstić information content (AvgIpc) is 2.73. The van der Waals surface area contributed by atoms with E-state index in [1.54, 1.807) is 24.0 Å². The molecule has 0 aromatic heterocycles. The molecule has 1 atom stereocenters. The molecule has 1 amide bonds. The van der Waals surface area contributed by atoms with Gasteiger partial charge in [0, 0.05) is 18.2 Å². The number of amides is 1. The van der Waals surface area contributed by atoms with Gasteiger partial charge in [0.25, 0.3) is 5.91 Å². The van der Waals surface area contributed by atoms with Gasteiger partial charge < -0.3 is 4.90 Å². The lowest BCUT2D eigenvalue weighted by Crippen LogP contribution is -2.33. The van der Waals surface area contributed by atoms with Crippen LogP contribution in [0, 0.1) is 6.92 Å². The number of sulfonamides is 1. The molecule has 5 nitrogen and oxygen atoms in total. The van der Waals surface area contributed by atoms with Gasteiger partial charge in [0.05, 0.1) is 4.90 Å². The van der Waals surface area contributed by atoms with E-state index in [4.69, 9.17) is 5.14 Å². The second-order valence-corrected chi connectivity index (χ2v) is 6.54. The summed E-state index contributed by atoms with van der Waals surface area (Å²) >= 11 is 0. The van der Waals surface area contributed by atoms with Crippen molar-refractivity contribution in [2.24, 2.45) is 5.14 Å². The van der Waals surface area contributed by atoms with E-state index >= 15 is 0 Å². The highest BCUT2D eigenvalue weighted by Gasteiger charge is 2.26. The first-order valence-corrected chi connectivity index (χ1v) is 7.80. The van der Waals surface area contributed by atoms with Gasteiger partial charge in [-0.1, -0.05) is 6.07 Å². The Hall–Kier alpha value is -1.40. The van der Waals surface area contributed by atoms with Crippen LogP contribution in [-0.4, -0.2) is 31.8 Å². The molecule has 19 heavy (non-hydrogen) atoms. The van der Waals surface area contributed by atoms with Gasteiger partial charge in [-0.2, -0.15) is 0 Å². The Balaban J connectivity index is 2.39. The molecular formula is C13H18N2O3S. The molecule has 104 valence electrons. The number of nitrogens with two attached hydrogens (primary N) is 1. The highest BCUT2D eigenvalue weighted by Crippen LogP contribution is 2.22. The second-order valence-electron chi connectivity index (χ2n) is 5.02. The van der Waals surface area contributed by atoms with E-state index in [0.29, 0.717) is 11.1 Å². The molecule has 6 heteroatoms. The molecule has 1 heterocycles. The molecule has 1 saturated heterocycles. The van der Waals surface area contributed by atoms with E-state index in [0.717, 1.165) is 19.4 Å². The maximum atomic E-state index is 12.3. The van der Waals surface area contributed by atoms with Crippen LogP contribution in [0.2, 0.25) is 0 Å². The third-order valence-corrected chi connectivity index (χ3v) is 4.61. The van der Waals surface area contributed by atoms with Gasteiger partial charge in [0.2, 0.25) is 10.0 Å². The minimum atomic E-state index is -3.80. The molecule has 2 N–H and O–H groups in total. The minimum Gasteiger partial charge on any atom is -0.336 e. The highest BCUT2D eigenvalue weighted by atomic mass is 32.2. The van der Waals surface area contributed by atoms with Gasteiger partial charge in [0.1, 0.15) is 0 Å². The van der Waals surface area contributed by atoms with Crippen LogP contribution in [0.5, 0.6) is 0 Å². The van der Waals surface area contributed by atoms with Crippen molar-refractivity contribution in [3.63, 3.8) is 0 Å². The summed E-state index contributed by atoms with van der Waals surface area (Å²) in [7, 11) is -3.80. The van der Waals surface area contributed by atoms with Crippen LogP contribution in [0.15, 0.2) is 23.1 Å². The van der Waals surface area contributed by atoms with Gasteiger partial charge in [-0.3, -0.25) is 4.79 Å². The lowest BCUT2D eigenvalue weighted by molar-refractivity contribution is 0.0747. The third kappa shape index (κ3) is 2.79. The van der Waals surface area contributed by atoms with Crippen LogP contribution < -0.4 is 5.14 Å². The van der Waals surface area contributed by atoms with Crippen molar-refractivity contribution < 1.29 is 13.2 Å². The number of likely N-dealkylation sites (tertiary alicyclic amines) is 1. The molecule has 1 aliphatic rings. The molecule has 1 fully saturated rings. The Morgan fingerprint density at radius 1 is 1.42 bits per heavy atom. The maximum absolute atomic E-state index is 12.3. The van der Waals surface area contributed by atoms with Gasteiger partial charge in [-0.05, 0) is 44.4 Å². The predicted octanol–water partition coefficient (Wildman–Crippen LogP) is 1.27. The van der Waals surface area contributed by atoms with Crippen molar-refractivity contribution in [2.75, 3.05) is 6.54 Å². The Morgan fingerprint density at radius 3 is 2.63 bits per heavy atom. The zero-order valence-electron chi connectivity index (χ0n) is 11.1. The molecule has 1 aromatic rings. The molecule has 1 aliphatic heterocycles. The number of primary sulfonamides is 1. The molecular weight excluding hydrogens is 264 g/mol. The first kappa shape index (κ1) is 14.0. The summed E-state index contributed by atoms with van der Waals surface area (Å²) in [6.07, 6.45) is 1.97. The maximum Gasteiger partial charge on any atom is 0.254 e. The quantitative estimate of drug-likeness (QED) is 0.887. The third-order valence-electron chi connectivity index (χ3n) is 3.56. The molecule has 0 radical (unpaired) electrons. The van der Waals surface area contributed by atoms with Gasteiger partial charge in [-0.15, -0.1) is 0 Å². The zero-order chi connectivity index (χ0) is 14.2. The lowest BCUT2D eigenvalue weighted by Gasteiger charge is -2.21. The first-order valence-electron chi connectivity index (χ1n) is 6.25. The summed E-state index contributed by atoms with van der Waals surface area (Å²) in [5, 5.41) is 5.15. The molecule has 0 saturated carbocycles. The van der Waals surface area contributed by atoms with Gasteiger partial charge in [-0.25, -0.2) is 13.6 Å². The van der Waals surface area contributed by atoms with E-state index in [-0.39, 0.29) is 16.8 Å². The molecule has 1 unspecified atom stereocenters.